The number of rotatable bonds is 4. The molecule has 0 heteroatoms. The normalized spacial score (nSPS) is 14.8. The first-order valence-electron chi connectivity index (χ1n) is 15.0. The summed E-state index contributed by atoms with van der Waals surface area (Å²) in [6.07, 6.45) is 0. The second-order valence-electron chi connectivity index (χ2n) is 16.3. The van der Waals surface area contributed by atoms with Crippen LogP contribution in [0.1, 0.15) is 159 Å². The van der Waals surface area contributed by atoms with Crippen molar-refractivity contribution in [1.29, 1.82) is 0 Å². The fourth-order valence-corrected chi connectivity index (χ4v) is 5.26. The average molecular weight is 525 g/mol. The average Bonchev–Trinajstić information content (AvgIpc) is 2.79. The van der Waals surface area contributed by atoms with Crippen LogP contribution in [0.3, 0.4) is 0 Å². The lowest BCUT2D eigenvalue weighted by molar-refractivity contribution is 0.565. The van der Waals surface area contributed by atoms with E-state index in [1.807, 2.05) is 0 Å². The Morgan fingerprint density at radius 1 is 0.359 bits per heavy atom. The van der Waals surface area contributed by atoms with Crippen LogP contribution in [-0.4, -0.2) is 0 Å². The van der Waals surface area contributed by atoms with Crippen LogP contribution in [0.4, 0.5) is 0 Å². The van der Waals surface area contributed by atoms with E-state index in [0.29, 0.717) is 11.8 Å². The van der Waals surface area contributed by atoms with Gasteiger partial charge >= 0.3 is 0 Å². The molecule has 0 aliphatic rings. The zero-order valence-electron chi connectivity index (χ0n) is 27.9. The van der Waals surface area contributed by atoms with E-state index in [1.165, 1.54) is 50.1 Å². The summed E-state index contributed by atoms with van der Waals surface area (Å²) in [5.41, 5.74) is 13.1. The van der Waals surface area contributed by atoms with E-state index in [0.717, 1.165) is 0 Å². The van der Waals surface area contributed by atoms with Crippen LogP contribution in [0.2, 0.25) is 0 Å². The van der Waals surface area contributed by atoms with Crippen molar-refractivity contribution in [2.75, 3.05) is 0 Å². The summed E-state index contributed by atoms with van der Waals surface area (Å²) < 4.78 is 0. The summed E-state index contributed by atoms with van der Waals surface area (Å²) in [7, 11) is 0. The predicted molar refractivity (Wildman–Crippen MR) is 174 cm³/mol. The molecule has 0 radical (unpaired) electrons. The highest BCUT2D eigenvalue weighted by atomic mass is 14.3. The molecule has 212 valence electrons. The van der Waals surface area contributed by atoms with Crippen molar-refractivity contribution in [3.05, 3.63) is 105 Å². The molecular formula is C39H56. The molecule has 0 aromatic heterocycles. The van der Waals surface area contributed by atoms with E-state index < -0.39 is 0 Å². The van der Waals surface area contributed by atoms with Gasteiger partial charge in [0.25, 0.3) is 0 Å². The van der Waals surface area contributed by atoms with Gasteiger partial charge in [0.1, 0.15) is 0 Å². The first kappa shape index (κ1) is 31.2. The smallest absolute Gasteiger partial charge is 0.00614 e. The van der Waals surface area contributed by atoms with E-state index >= 15 is 0 Å². The maximum atomic E-state index is 2.48. The lowest BCUT2D eigenvalue weighted by atomic mass is 9.76. The molecule has 3 aromatic rings. The van der Waals surface area contributed by atoms with Crippen LogP contribution < -0.4 is 0 Å². The second kappa shape index (κ2) is 10.6. The third-order valence-electron chi connectivity index (χ3n) is 8.50. The maximum Gasteiger partial charge on any atom is 0.00614 e. The summed E-state index contributed by atoms with van der Waals surface area (Å²) in [4.78, 5) is 0. The summed E-state index contributed by atoms with van der Waals surface area (Å²) in [5, 5.41) is 0. The highest BCUT2D eigenvalue weighted by Crippen LogP contribution is 2.38. The summed E-state index contributed by atoms with van der Waals surface area (Å²) in [6, 6.07) is 21.9. The van der Waals surface area contributed by atoms with Crippen LogP contribution in [-0.2, 0) is 21.7 Å². The van der Waals surface area contributed by atoms with Gasteiger partial charge in [-0.2, -0.15) is 0 Å². The van der Waals surface area contributed by atoms with Crippen LogP contribution >= 0.6 is 0 Å². The van der Waals surface area contributed by atoms with Gasteiger partial charge in [0, 0.05) is 11.8 Å². The lowest BCUT2D eigenvalue weighted by Crippen LogP contribution is -2.18. The largest absolute Gasteiger partial charge is 0.0561 e. The molecule has 0 nitrogen and oxygen atoms in total. The Balaban J connectivity index is 2.13. The predicted octanol–water partition coefficient (Wildman–Crippen LogP) is 11.5. The minimum absolute atomic E-state index is 0.116. The van der Waals surface area contributed by atoms with Crippen LogP contribution in [0.5, 0.6) is 0 Å². The van der Waals surface area contributed by atoms with Gasteiger partial charge in [-0.25, -0.2) is 0 Å². The second-order valence-corrected chi connectivity index (χ2v) is 16.3. The molecule has 0 spiro atoms. The van der Waals surface area contributed by atoms with E-state index in [9.17, 15) is 0 Å². The van der Waals surface area contributed by atoms with E-state index in [4.69, 9.17) is 0 Å². The minimum Gasteiger partial charge on any atom is -0.0561 e. The van der Waals surface area contributed by atoms with E-state index in [1.54, 1.807) is 0 Å². The number of hydrogen-bond donors (Lipinski definition) is 0. The molecule has 0 fully saturated rings. The van der Waals surface area contributed by atoms with Gasteiger partial charge in [-0.15, -0.1) is 0 Å². The Hall–Kier alpha value is -2.34. The van der Waals surface area contributed by atoms with E-state index in [2.05, 4.69) is 158 Å². The molecule has 0 saturated heterocycles. The summed E-state index contributed by atoms with van der Waals surface area (Å²) in [5.74, 6) is 0.649. The lowest BCUT2D eigenvalue weighted by Gasteiger charge is -2.28. The third kappa shape index (κ3) is 7.45. The molecule has 0 N–H and O–H groups in total. The molecule has 0 heterocycles. The Labute approximate surface area is 241 Å². The van der Waals surface area contributed by atoms with Gasteiger partial charge in [0.05, 0.1) is 0 Å². The molecule has 39 heavy (non-hydrogen) atoms. The monoisotopic (exact) mass is 524 g/mol. The Kier molecular flexibility index (Phi) is 8.45. The summed E-state index contributed by atoms with van der Waals surface area (Å²) in [6.45, 7) is 34.9. The van der Waals surface area contributed by atoms with Crippen molar-refractivity contribution in [2.45, 2.75) is 137 Å². The van der Waals surface area contributed by atoms with E-state index in [-0.39, 0.29) is 21.7 Å². The first-order valence-corrected chi connectivity index (χ1v) is 15.0. The van der Waals surface area contributed by atoms with Crippen molar-refractivity contribution >= 4 is 0 Å². The van der Waals surface area contributed by atoms with Crippen molar-refractivity contribution in [3.8, 4) is 0 Å². The fraction of sp³-hybridized carbons (Fsp3) is 0.538. The molecule has 0 aliphatic carbocycles. The van der Waals surface area contributed by atoms with Gasteiger partial charge in [-0.3, -0.25) is 0 Å². The molecule has 3 aromatic carbocycles. The Morgan fingerprint density at radius 3 is 0.821 bits per heavy atom. The highest BCUT2D eigenvalue weighted by Gasteiger charge is 2.25. The molecular weight excluding hydrogens is 468 g/mol. The van der Waals surface area contributed by atoms with Crippen molar-refractivity contribution < 1.29 is 0 Å². The SMILES string of the molecule is Cc1cc([C@@H](C)c2cc(C(C)(C)C)cc(C(C)(C)C)c2)cc([C@@H](C)c2cc(C(C)(C)C)cc(C(C)(C)C)c2)c1. The molecule has 0 unspecified atom stereocenters. The quantitative estimate of drug-likeness (QED) is 0.318. The van der Waals surface area contributed by atoms with Crippen molar-refractivity contribution in [3.63, 3.8) is 0 Å². The van der Waals surface area contributed by atoms with Crippen LogP contribution in [0.15, 0.2) is 54.6 Å². The maximum absolute atomic E-state index is 2.48. The van der Waals surface area contributed by atoms with Gasteiger partial charge in [0.2, 0.25) is 0 Å². The molecule has 0 amide bonds. The van der Waals surface area contributed by atoms with Crippen LogP contribution in [0, 0.1) is 6.92 Å². The number of benzene rings is 3. The zero-order chi connectivity index (χ0) is 29.7. The minimum atomic E-state index is 0.116. The van der Waals surface area contributed by atoms with Gasteiger partial charge in [-0.1, -0.05) is 157 Å². The standard InChI is InChI=1S/C39H56/c1-25-16-28(26(2)30-19-32(36(4,5)6)23-33(20-30)37(7,8)9)18-29(17-25)27(3)31-21-34(38(10,11)12)24-35(22-31)39(13,14)15/h16-24,26-27H,1-15H3/t26-,27-/m1/s1. The van der Waals surface area contributed by atoms with Gasteiger partial charge < -0.3 is 0 Å². The van der Waals surface area contributed by atoms with Crippen molar-refractivity contribution in [2.24, 2.45) is 0 Å². The Bertz CT molecular complexity index is 1140. The zero-order valence-corrected chi connectivity index (χ0v) is 27.9. The third-order valence-corrected chi connectivity index (χ3v) is 8.50. The van der Waals surface area contributed by atoms with Crippen LogP contribution in [0.25, 0.3) is 0 Å². The first-order chi connectivity index (χ1) is 17.6. The molecule has 3 rings (SSSR count). The molecule has 0 saturated carbocycles. The topological polar surface area (TPSA) is 0 Å². The molecule has 2 atom stereocenters. The molecule has 0 bridgehead atoms. The van der Waals surface area contributed by atoms with Gasteiger partial charge in [-0.05, 0) is 73.1 Å². The molecule has 0 aliphatic heterocycles. The number of aryl methyl sites for hydroxylation is 1. The number of hydrogen-bond acceptors (Lipinski definition) is 0. The Morgan fingerprint density at radius 2 is 0.590 bits per heavy atom. The summed E-state index contributed by atoms with van der Waals surface area (Å²) >= 11 is 0. The van der Waals surface area contributed by atoms with Gasteiger partial charge in [0.15, 0.2) is 0 Å². The van der Waals surface area contributed by atoms with Crippen molar-refractivity contribution in [1.82, 2.24) is 0 Å². The fourth-order valence-electron chi connectivity index (χ4n) is 5.26. The highest BCUT2D eigenvalue weighted by molar-refractivity contribution is 5.47.